The Kier molecular flexibility index (Phi) is 2.17. The van der Waals surface area contributed by atoms with Crippen molar-refractivity contribution in [1.82, 2.24) is 0 Å². The third kappa shape index (κ3) is 1.53. The standard InChI is InChI=1S/C9H13NOS/c10-5-7-3-4-8(12-7)9(11)6-1-2-6/h3-4,6,9,11H,1-2,5,10H2. The van der Waals surface area contributed by atoms with E-state index in [9.17, 15) is 5.11 Å². The number of hydrogen-bond acceptors (Lipinski definition) is 3. The Morgan fingerprint density at radius 3 is 2.83 bits per heavy atom. The monoisotopic (exact) mass is 183 g/mol. The molecule has 1 aliphatic carbocycles. The van der Waals surface area contributed by atoms with Crippen LogP contribution in [-0.4, -0.2) is 5.11 Å². The fraction of sp³-hybridized carbons (Fsp3) is 0.556. The molecule has 0 bridgehead atoms. The van der Waals surface area contributed by atoms with Gasteiger partial charge in [0.25, 0.3) is 0 Å². The molecule has 1 heterocycles. The lowest BCUT2D eigenvalue weighted by Gasteiger charge is -2.04. The van der Waals surface area contributed by atoms with Gasteiger partial charge in [0.2, 0.25) is 0 Å². The van der Waals surface area contributed by atoms with Gasteiger partial charge in [0, 0.05) is 16.3 Å². The second-order valence-electron chi connectivity index (χ2n) is 3.29. The normalized spacial score (nSPS) is 19.5. The molecule has 0 aliphatic heterocycles. The van der Waals surface area contributed by atoms with Crippen LogP contribution in [0.15, 0.2) is 12.1 Å². The van der Waals surface area contributed by atoms with E-state index in [2.05, 4.69) is 0 Å². The summed E-state index contributed by atoms with van der Waals surface area (Å²) < 4.78 is 0. The van der Waals surface area contributed by atoms with E-state index in [1.165, 1.54) is 12.8 Å². The minimum Gasteiger partial charge on any atom is -0.387 e. The Bertz CT molecular complexity index is 267. The lowest BCUT2D eigenvalue weighted by Crippen LogP contribution is -1.95. The zero-order chi connectivity index (χ0) is 8.55. The van der Waals surface area contributed by atoms with Crippen LogP contribution in [0.3, 0.4) is 0 Å². The molecule has 66 valence electrons. The van der Waals surface area contributed by atoms with Gasteiger partial charge < -0.3 is 10.8 Å². The summed E-state index contributed by atoms with van der Waals surface area (Å²) in [5.74, 6) is 0.522. The summed E-state index contributed by atoms with van der Waals surface area (Å²) in [6, 6.07) is 4.00. The lowest BCUT2D eigenvalue weighted by molar-refractivity contribution is 0.157. The van der Waals surface area contributed by atoms with Crippen molar-refractivity contribution in [3.8, 4) is 0 Å². The van der Waals surface area contributed by atoms with Crippen LogP contribution in [-0.2, 0) is 6.54 Å². The van der Waals surface area contributed by atoms with Gasteiger partial charge in [-0.25, -0.2) is 0 Å². The predicted molar refractivity (Wildman–Crippen MR) is 49.9 cm³/mol. The van der Waals surface area contributed by atoms with Crippen LogP contribution in [0, 0.1) is 5.92 Å². The van der Waals surface area contributed by atoms with E-state index < -0.39 is 0 Å². The summed E-state index contributed by atoms with van der Waals surface area (Å²) in [7, 11) is 0. The van der Waals surface area contributed by atoms with Crippen molar-refractivity contribution in [2.75, 3.05) is 0 Å². The molecular weight excluding hydrogens is 170 g/mol. The lowest BCUT2D eigenvalue weighted by atomic mass is 10.2. The van der Waals surface area contributed by atoms with E-state index in [0.717, 1.165) is 9.75 Å². The minimum absolute atomic E-state index is 0.227. The molecule has 3 heteroatoms. The minimum atomic E-state index is -0.227. The molecule has 0 spiro atoms. The molecule has 0 aromatic carbocycles. The summed E-state index contributed by atoms with van der Waals surface area (Å²) in [5, 5.41) is 9.74. The molecule has 12 heavy (non-hydrogen) atoms. The zero-order valence-corrected chi connectivity index (χ0v) is 7.68. The van der Waals surface area contributed by atoms with Crippen molar-refractivity contribution < 1.29 is 5.11 Å². The molecule has 0 amide bonds. The van der Waals surface area contributed by atoms with Crippen molar-refractivity contribution in [2.45, 2.75) is 25.5 Å². The topological polar surface area (TPSA) is 46.2 Å². The molecule has 2 rings (SSSR count). The summed E-state index contributed by atoms with van der Waals surface area (Å²) in [4.78, 5) is 2.24. The van der Waals surface area contributed by atoms with Crippen LogP contribution in [0.5, 0.6) is 0 Å². The molecule has 0 radical (unpaired) electrons. The van der Waals surface area contributed by atoms with Crippen molar-refractivity contribution in [2.24, 2.45) is 11.7 Å². The highest BCUT2D eigenvalue weighted by Gasteiger charge is 2.31. The highest BCUT2D eigenvalue weighted by Crippen LogP contribution is 2.42. The molecule has 0 saturated heterocycles. The Labute approximate surface area is 76.0 Å². The Balaban J connectivity index is 2.10. The first-order valence-corrected chi connectivity index (χ1v) is 5.09. The molecule has 1 fully saturated rings. The second-order valence-corrected chi connectivity index (χ2v) is 4.49. The van der Waals surface area contributed by atoms with Gasteiger partial charge in [-0.05, 0) is 30.9 Å². The molecule has 2 nitrogen and oxygen atoms in total. The molecule has 1 saturated carbocycles. The number of aliphatic hydroxyl groups is 1. The maximum Gasteiger partial charge on any atom is 0.0910 e. The van der Waals surface area contributed by atoms with E-state index >= 15 is 0 Å². The first-order chi connectivity index (χ1) is 5.81. The molecule has 1 unspecified atom stereocenters. The van der Waals surface area contributed by atoms with E-state index in [0.29, 0.717) is 12.5 Å². The first-order valence-electron chi connectivity index (χ1n) is 4.28. The van der Waals surface area contributed by atoms with Crippen LogP contribution >= 0.6 is 11.3 Å². The van der Waals surface area contributed by atoms with Gasteiger partial charge in [0.1, 0.15) is 0 Å². The van der Waals surface area contributed by atoms with Crippen LogP contribution in [0.25, 0.3) is 0 Å². The smallest absolute Gasteiger partial charge is 0.0910 e. The number of hydrogen-bond donors (Lipinski definition) is 2. The third-order valence-electron chi connectivity index (χ3n) is 2.24. The fourth-order valence-electron chi connectivity index (χ4n) is 1.31. The zero-order valence-electron chi connectivity index (χ0n) is 6.86. The van der Waals surface area contributed by atoms with Crippen molar-refractivity contribution in [3.05, 3.63) is 21.9 Å². The molecule has 1 atom stereocenters. The number of rotatable bonds is 3. The first kappa shape index (κ1) is 8.23. The number of nitrogens with two attached hydrogens (primary N) is 1. The van der Waals surface area contributed by atoms with Gasteiger partial charge in [-0.15, -0.1) is 11.3 Å². The number of aliphatic hydroxyl groups excluding tert-OH is 1. The maximum atomic E-state index is 9.74. The predicted octanol–water partition coefficient (Wildman–Crippen LogP) is 1.65. The summed E-state index contributed by atoms with van der Waals surface area (Å²) >= 11 is 1.63. The summed E-state index contributed by atoms with van der Waals surface area (Å²) in [6.07, 6.45) is 2.13. The van der Waals surface area contributed by atoms with E-state index in [1.54, 1.807) is 11.3 Å². The summed E-state index contributed by atoms with van der Waals surface area (Å²) in [5.41, 5.74) is 5.48. The molecule has 1 aromatic rings. The average Bonchev–Trinajstić information content (AvgIpc) is 2.82. The summed E-state index contributed by atoms with van der Waals surface area (Å²) in [6.45, 7) is 0.585. The van der Waals surface area contributed by atoms with Crippen LogP contribution in [0.2, 0.25) is 0 Å². The largest absolute Gasteiger partial charge is 0.387 e. The third-order valence-corrected chi connectivity index (χ3v) is 3.42. The SMILES string of the molecule is NCc1ccc(C(O)C2CC2)s1. The second kappa shape index (κ2) is 3.17. The van der Waals surface area contributed by atoms with E-state index in [4.69, 9.17) is 5.73 Å². The fourth-order valence-corrected chi connectivity index (χ4v) is 2.28. The van der Waals surface area contributed by atoms with Crippen LogP contribution < -0.4 is 5.73 Å². The highest BCUT2D eigenvalue weighted by atomic mass is 32.1. The average molecular weight is 183 g/mol. The van der Waals surface area contributed by atoms with Crippen molar-refractivity contribution >= 4 is 11.3 Å². The quantitative estimate of drug-likeness (QED) is 0.748. The Hall–Kier alpha value is -0.380. The molecule has 1 aromatic heterocycles. The highest BCUT2D eigenvalue weighted by molar-refractivity contribution is 7.12. The van der Waals surface area contributed by atoms with Gasteiger partial charge >= 0.3 is 0 Å². The van der Waals surface area contributed by atoms with Gasteiger partial charge in [0.15, 0.2) is 0 Å². The molecule has 3 N–H and O–H groups in total. The Morgan fingerprint density at radius 2 is 2.33 bits per heavy atom. The van der Waals surface area contributed by atoms with Crippen LogP contribution in [0.4, 0.5) is 0 Å². The van der Waals surface area contributed by atoms with Gasteiger partial charge in [-0.2, -0.15) is 0 Å². The van der Waals surface area contributed by atoms with Crippen LogP contribution in [0.1, 0.15) is 28.7 Å². The molecular formula is C9H13NOS. The van der Waals surface area contributed by atoms with E-state index in [-0.39, 0.29) is 6.10 Å². The number of thiophene rings is 1. The molecule has 1 aliphatic rings. The Morgan fingerprint density at radius 1 is 1.58 bits per heavy atom. The van der Waals surface area contributed by atoms with Gasteiger partial charge in [0.05, 0.1) is 6.10 Å². The van der Waals surface area contributed by atoms with Gasteiger partial charge in [-0.3, -0.25) is 0 Å². The van der Waals surface area contributed by atoms with Crippen molar-refractivity contribution in [1.29, 1.82) is 0 Å². The van der Waals surface area contributed by atoms with Crippen molar-refractivity contribution in [3.63, 3.8) is 0 Å². The maximum absolute atomic E-state index is 9.74. The van der Waals surface area contributed by atoms with Gasteiger partial charge in [-0.1, -0.05) is 0 Å². The van der Waals surface area contributed by atoms with E-state index in [1.807, 2.05) is 12.1 Å².